The number of benzene rings is 1. The first-order chi connectivity index (χ1) is 14.7. The van der Waals surface area contributed by atoms with Gasteiger partial charge in [0.1, 0.15) is 5.75 Å². The maximum atomic E-state index is 6.18. The van der Waals surface area contributed by atoms with Gasteiger partial charge in [0.25, 0.3) is 0 Å². The molecule has 2 aliphatic heterocycles. The zero-order valence-electron chi connectivity index (χ0n) is 19.1. The summed E-state index contributed by atoms with van der Waals surface area (Å²) in [5, 5.41) is 6.96. The number of likely N-dealkylation sites (tertiary alicyclic amines) is 1. The summed E-state index contributed by atoms with van der Waals surface area (Å²) in [6.45, 7) is 13.7. The molecule has 6 nitrogen and oxygen atoms in total. The molecule has 0 amide bonds. The SMILES string of the molecule is CCNC(=NCc1ccc(C)cc1OCC1CCOC1)NCC(CC)N1CCCC1. The van der Waals surface area contributed by atoms with E-state index in [1.807, 2.05) is 0 Å². The number of hydrogen-bond donors (Lipinski definition) is 2. The number of nitrogens with one attached hydrogen (secondary N) is 2. The molecule has 2 unspecified atom stereocenters. The summed E-state index contributed by atoms with van der Waals surface area (Å²) in [4.78, 5) is 7.46. The summed E-state index contributed by atoms with van der Waals surface area (Å²) in [5.74, 6) is 2.33. The molecule has 0 radical (unpaired) electrons. The zero-order valence-corrected chi connectivity index (χ0v) is 19.1. The second-order valence-electron chi connectivity index (χ2n) is 8.53. The molecule has 0 saturated carbocycles. The average Bonchev–Trinajstić information content (AvgIpc) is 3.46. The van der Waals surface area contributed by atoms with Crippen LogP contribution in [0.15, 0.2) is 23.2 Å². The van der Waals surface area contributed by atoms with E-state index in [2.05, 4.69) is 54.5 Å². The highest BCUT2D eigenvalue weighted by Gasteiger charge is 2.20. The third kappa shape index (κ3) is 6.88. The fourth-order valence-corrected chi connectivity index (χ4v) is 4.21. The van der Waals surface area contributed by atoms with Crippen molar-refractivity contribution in [2.45, 2.75) is 59.0 Å². The number of guanidine groups is 1. The molecule has 168 valence electrons. The Hall–Kier alpha value is -1.79. The Morgan fingerprint density at radius 2 is 2.10 bits per heavy atom. The standard InChI is InChI=1S/C24H40N4O2/c1-4-22(28-11-6-7-12-28)16-27-24(25-5-2)26-15-21-9-8-19(3)14-23(21)30-18-20-10-13-29-17-20/h8-9,14,20,22H,4-7,10-13,15-18H2,1-3H3,(H2,25,26,27). The normalized spacial score (nSPS) is 21.0. The van der Waals surface area contributed by atoms with Crippen molar-refractivity contribution in [1.29, 1.82) is 0 Å². The van der Waals surface area contributed by atoms with Crippen LogP contribution in [0.5, 0.6) is 5.75 Å². The Kier molecular flexibility index (Phi) is 9.27. The van der Waals surface area contributed by atoms with Gasteiger partial charge >= 0.3 is 0 Å². The molecule has 2 atom stereocenters. The average molecular weight is 417 g/mol. The monoisotopic (exact) mass is 416 g/mol. The number of aryl methyl sites for hydroxylation is 1. The molecule has 0 spiro atoms. The Morgan fingerprint density at radius 3 is 2.80 bits per heavy atom. The lowest BCUT2D eigenvalue weighted by Gasteiger charge is -2.27. The second kappa shape index (κ2) is 12.2. The van der Waals surface area contributed by atoms with Crippen LogP contribution in [-0.2, 0) is 11.3 Å². The van der Waals surface area contributed by atoms with Crippen molar-refractivity contribution in [3.63, 3.8) is 0 Å². The number of ether oxygens (including phenoxy) is 2. The minimum absolute atomic E-state index is 0.498. The lowest BCUT2D eigenvalue weighted by molar-refractivity contribution is 0.166. The molecule has 2 aliphatic rings. The van der Waals surface area contributed by atoms with E-state index in [0.717, 1.165) is 56.4 Å². The fourth-order valence-electron chi connectivity index (χ4n) is 4.21. The number of rotatable bonds is 10. The van der Waals surface area contributed by atoms with Crippen molar-refractivity contribution >= 4 is 5.96 Å². The molecular formula is C24H40N4O2. The van der Waals surface area contributed by atoms with E-state index in [-0.39, 0.29) is 0 Å². The van der Waals surface area contributed by atoms with Crippen molar-refractivity contribution in [2.24, 2.45) is 10.9 Å². The van der Waals surface area contributed by atoms with E-state index < -0.39 is 0 Å². The van der Waals surface area contributed by atoms with E-state index >= 15 is 0 Å². The highest BCUT2D eigenvalue weighted by Crippen LogP contribution is 2.23. The molecule has 1 aromatic carbocycles. The lowest BCUT2D eigenvalue weighted by atomic mass is 10.1. The molecule has 0 bridgehead atoms. The van der Waals surface area contributed by atoms with Crippen molar-refractivity contribution < 1.29 is 9.47 Å². The number of hydrogen-bond acceptors (Lipinski definition) is 4. The maximum absolute atomic E-state index is 6.18. The maximum Gasteiger partial charge on any atom is 0.191 e. The van der Waals surface area contributed by atoms with Gasteiger partial charge in [-0.05, 0) is 64.3 Å². The number of aliphatic imine (C=N–C) groups is 1. The van der Waals surface area contributed by atoms with Crippen molar-refractivity contribution in [2.75, 3.05) is 46.0 Å². The van der Waals surface area contributed by atoms with E-state index in [4.69, 9.17) is 14.5 Å². The van der Waals surface area contributed by atoms with Crippen LogP contribution in [0.2, 0.25) is 0 Å². The van der Waals surface area contributed by atoms with Gasteiger partial charge in [0.2, 0.25) is 0 Å². The first-order valence-corrected chi connectivity index (χ1v) is 11.8. The largest absolute Gasteiger partial charge is 0.493 e. The highest BCUT2D eigenvalue weighted by atomic mass is 16.5. The van der Waals surface area contributed by atoms with Gasteiger partial charge in [0, 0.05) is 37.2 Å². The van der Waals surface area contributed by atoms with Crippen LogP contribution in [0, 0.1) is 12.8 Å². The van der Waals surface area contributed by atoms with Crippen LogP contribution in [0.25, 0.3) is 0 Å². The van der Waals surface area contributed by atoms with Crippen molar-refractivity contribution in [3.05, 3.63) is 29.3 Å². The molecule has 6 heteroatoms. The smallest absolute Gasteiger partial charge is 0.191 e. The molecule has 30 heavy (non-hydrogen) atoms. The minimum Gasteiger partial charge on any atom is -0.493 e. The summed E-state index contributed by atoms with van der Waals surface area (Å²) >= 11 is 0. The Labute approximate surface area is 182 Å². The first-order valence-electron chi connectivity index (χ1n) is 11.8. The Bertz CT molecular complexity index is 667. The van der Waals surface area contributed by atoms with E-state index in [1.165, 1.54) is 31.5 Å². The van der Waals surface area contributed by atoms with Crippen LogP contribution in [0.3, 0.4) is 0 Å². The first kappa shape index (κ1) is 22.9. The summed E-state index contributed by atoms with van der Waals surface area (Å²) in [5.41, 5.74) is 2.34. The predicted molar refractivity (Wildman–Crippen MR) is 123 cm³/mol. The van der Waals surface area contributed by atoms with E-state index in [9.17, 15) is 0 Å². The zero-order chi connectivity index (χ0) is 21.2. The predicted octanol–water partition coefficient (Wildman–Crippen LogP) is 3.34. The molecule has 0 aromatic heterocycles. The van der Waals surface area contributed by atoms with Crippen LogP contribution < -0.4 is 15.4 Å². The van der Waals surface area contributed by atoms with Gasteiger partial charge in [-0.2, -0.15) is 0 Å². The molecule has 2 N–H and O–H groups in total. The van der Waals surface area contributed by atoms with Gasteiger partial charge in [-0.25, -0.2) is 4.99 Å². The summed E-state index contributed by atoms with van der Waals surface area (Å²) in [6, 6.07) is 6.98. The fraction of sp³-hybridized carbons (Fsp3) is 0.708. The van der Waals surface area contributed by atoms with Crippen LogP contribution >= 0.6 is 0 Å². The van der Waals surface area contributed by atoms with E-state index in [1.54, 1.807) is 0 Å². The molecule has 2 fully saturated rings. The molecular weight excluding hydrogens is 376 g/mol. The minimum atomic E-state index is 0.498. The third-order valence-electron chi connectivity index (χ3n) is 6.11. The van der Waals surface area contributed by atoms with Crippen LogP contribution in [-0.4, -0.2) is 62.9 Å². The van der Waals surface area contributed by atoms with Crippen LogP contribution in [0.4, 0.5) is 0 Å². The topological polar surface area (TPSA) is 58.1 Å². The van der Waals surface area contributed by atoms with Crippen molar-refractivity contribution in [3.8, 4) is 5.75 Å². The van der Waals surface area contributed by atoms with Gasteiger partial charge in [0.05, 0.1) is 19.8 Å². The Balaban J connectivity index is 1.60. The molecule has 2 saturated heterocycles. The number of nitrogens with zero attached hydrogens (tertiary/aromatic N) is 2. The second-order valence-corrected chi connectivity index (χ2v) is 8.53. The Morgan fingerprint density at radius 1 is 1.27 bits per heavy atom. The van der Waals surface area contributed by atoms with Gasteiger partial charge in [0.15, 0.2) is 5.96 Å². The summed E-state index contributed by atoms with van der Waals surface area (Å²) in [6.07, 6.45) is 4.90. The highest BCUT2D eigenvalue weighted by molar-refractivity contribution is 5.79. The molecule has 3 rings (SSSR count). The molecule has 0 aliphatic carbocycles. The van der Waals surface area contributed by atoms with Crippen LogP contribution in [0.1, 0.15) is 50.7 Å². The van der Waals surface area contributed by atoms with E-state index in [0.29, 0.717) is 25.1 Å². The quantitative estimate of drug-likeness (QED) is 0.453. The van der Waals surface area contributed by atoms with Crippen molar-refractivity contribution in [1.82, 2.24) is 15.5 Å². The van der Waals surface area contributed by atoms with Gasteiger partial charge in [-0.1, -0.05) is 19.1 Å². The molecule has 2 heterocycles. The third-order valence-corrected chi connectivity index (χ3v) is 6.11. The summed E-state index contributed by atoms with van der Waals surface area (Å²) in [7, 11) is 0. The summed E-state index contributed by atoms with van der Waals surface area (Å²) < 4.78 is 11.7. The van der Waals surface area contributed by atoms with Gasteiger partial charge < -0.3 is 20.1 Å². The molecule has 1 aromatic rings. The van der Waals surface area contributed by atoms with Gasteiger partial charge in [-0.15, -0.1) is 0 Å². The van der Waals surface area contributed by atoms with Gasteiger partial charge in [-0.3, -0.25) is 4.90 Å². The lowest BCUT2D eigenvalue weighted by Crippen LogP contribution is -2.46.